The summed E-state index contributed by atoms with van der Waals surface area (Å²) < 4.78 is 30.9. The lowest BCUT2D eigenvalue weighted by molar-refractivity contribution is 0.0954. The molecule has 0 saturated heterocycles. The van der Waals surface area contributed by atoms with E-state index in [0.717, 1.165) is 5.56 Å². The Morgan fingerprint density at radius 2 is 1.75 bits per heavy atom. The van der Waals surface area contributed by atoms with Gasteiger partial charge in [-0.3, -0.25) is 4.79 Å². The molecule has 1 N–H and O–H groups in total. The molecule has 6 nitrogen and oxygen atoms in total. The first-order chi connectivity index (χ1) is 15.4. The molecule has 3 aromatic carbocycles. The van der Waals surface area contributed by atoms with Crippen LogP contribution < -0.4 is 19.6 Å². The van der Waals surface area contributed by atoms with Crippen LogP contribution in [0.25, 0.3) is 0 Å². The molecule has 0 heterocycles. The lowest BCUT2D eigenvalue weighted by Crippen LogP contribution is -2.17. The molecular weight excluding hydrogens is 547 g/mol. The molecule has 32 heavy (non-hydrogen) atoms. The van der Waals surface area contributed by atoms with Crippen molar-refractivity contribution in [1.29, 1.82) is 0 Å². The minimum Gasteiger partial charge on any atom is -0.493 e. The minimum absolute atomic E-state index is 0.212. The Morgan fingerprint density at radius 3 is 2.41 bits per heavy atom. The predicted molar refractivity (Wildman–Crippen MR) is 127 cm³/mol. The molecule has 0 aromatic heterocycles. The van der Waals surface area contributed by atoms with Crippen molar-refractivity contribution in [3.05, 3.63) is 86.1 Å². The van der Waals surface area contributed by atoms with E-state index in [9.17, 15) is 9.18 Å². The molecule has 0 bridgehead atoms. The molecule has 9 heteroatoms. The summed E-state index contributed by atoms with van der Waals surface area (Å²) >= 11 is 6.94. The van der Waals surface area contributed by atoms with Crippen LogP contribution in [0.4, 0.5) is 4.39 Å². The average molecular weight is 566 g/mol. The van der Waals surface area contributed by atoms with Gasteiger partial charge >= 0.3 is 0 Å². The van der Waals surface area contributed by atoms with Gasteiger partial charge in [0, 0.05) is 5.56 Å². The third-order valence-electron chi connectivity index (χ3n) is 4.32. The minimum atomic E-state index is -0.393. The van der Waals surface area contributed by atoms with E-state index in [0.29, 0.717) is 37.3 Å². The van der Waals surface area contributed by atoms with Crippen LogP contribution in [-0.4, -0.2) is 26.3 Å². The fourth-order valence-electron chi connectivity index (χ4n) is 2.78. The molecule has 0 spiro atoms. The molecule has 0 aliphatic carbocycles. The van der Waals surface area contributed by atoms with Gasteiger partial charge in [-0.05, 0) is 85.5 Å². The Hall–Kier alpha value is -2.91. The lowest BCUT2D eigenvalue weighted by Gasteiger charge is -2.11. The van der Waals surface area contributed by atoms with E-state index in [4.69, 9.17) is 14.2 Å². The van der Waals surface area contributed by atoms with Crippen LogP contribution in [0, 0.1) is 5.82 Å². The lowest BCUT2D eigenvalue weighted by atomic mass is 10.2. The highest BCUT2D eigenvalue weighted by Gasteiger charge is 2.11. The SMILES string of the molecule is COc1ccc(C(=O)N/N=C/c2cc(Br)c(OCc3cccc(F)c3)c(Br)c2)cc1OC. The topological polar surface area (TPSA) is 69.2 Å². The molecule has 3 rings (SSSR count). The van der Waals surface area contributed by atoms with Crippen LogP contribution in [0.15, 0.2) is 68.6 Å². The molecule has 1 amide bonds. The number of halogens is 3. The maximum Gasteiger partial charge on any atom is 0.271 e. The van der Waals surface area contributed by atoms with Crippen LogP contribution in [-0.2, 0) is 6.61 Å². The number of carbonyl (C=O) groups is 1. The molecule has 0 aliphatic heterocycles. The van der Waals surface area contributed by atoms with Crippen molar-refractivity contribution < 1.29 is 23.4 Å². The number of hydrazone groups is 1. The van der Waals surface area contributed by atoms with E-state index >= 15 is 0 Å². The molecule has 0 saturated carbocycles. The zero-order valence-electron chi connectivity index (χ0n) is 17.2. The first-order valence-electron chi connectivity index (χ1n) is 9.33. The quantitative estimate of drug-likeness (QED) is 0.280. The third-order valence-corrected chi connectivity index (χ3v) is 5.50. The smallest absolute Gasteiger partial charge is 0.271 e. The predicted octanol–water partition coefficient (Wildman–Crippen LogP) is 5.71. The zero-order chi connectivity index (χ0) is 23.1. The standard InChI is InChI=1S/C23H19Br2FN2O4/c1-30-20-7-6-16(11-21(20)31-2)23(29)28-27-12-15-9-18(24)22(19(25)10-15)32-13-14-4-3-5-17(26)8-14/h3-12H,13H2,1-2H3,(H,28,29)/b27-12+. The first kappa shape index (κ1) is 23.7. The fraction of sp³-hybridized carbons (Fsp3) is 0.130. The van der Waals surface area contributed by atoms with Gasteiger partial charge in [-0.2, -0.15) is 5.10 Å². The summed E-state index contributed by atoms with van der Waals surface area (Å²) in [5.41, 5.74) is 4.29. The second-order valence-electron chi connectivity index (χ2n) is 6.50. The van der Waals surface area contributed by atoms with Crippen LogP contribution >= 0.6 is 31.9 Å². The Bertz CT molecular complexity index is 1130. The van der Waals surface area contributed by atoms with Gasteiger partial charge in [-0.25, -0.2) is 9.82 Å². The van der Waals surface area contributed by atoms with Crippen molar-refractivity contribution >= 4 is 44.0 Å². The maximum absolute atomic E-state index is 13.3. The van der Waals surface area contributed by atoms with Crippen LogP contribution in [0.3, 0.4) is 0 Å². The summed E-state index contributed by atoms with van der Waals surface area (Å²) in [5.74, 6) is 0.842. The summed E-state index contributed by atoms with van der Waals surface area (Å²) in [6.07, 6.45) is 1.50. The van der Waals surface area contributed by atoms with Gasteiger partial charge < -0.3 is 14.2 Å². The number of hydrogen-bond acceptors (Lipinski definition) is 5. The molecule has 0 aliphatic rings. The monoisotopic (exact) mass is 564 g/mol. The van der Waals surface area contributed by atoms with Gasteiger partial charge in [0.05, 0.1) is 29.4 Å². The van der Waals surface area contributed by atoms with Crippen LogP contribution in [0.5, 0.6) is 17.2 Å². The van der Waals surface area contributed by atoms with Gasteiger partial charge in [0.15, 0.2) is 11.5 Å². The van der Waals surface area contributed by atoms with Crippen molar-refractivity contribution in [3.63, 3.8) is 0 Å². The highest BCUT2D eigenvalue weighted by molar-refractivity contribution is 9.11. The van der Waals surface area contributed by atoms with E-state index in [-0.39, 0.29) is 12.4 Å². The molecule has 0 unspecified atom stereocenters. The number of benzene rings is 3. The summed E-state index contributed by atoms with van der Waals surface area (Å²) in [7, 11) is 3.02. The summed E-state index contributed by atoms with van der Waals surface area (Å²) in [6.45, 7) is 0.212. The van der Waals surface area contributed by atoms with Gasteiger partial charge in [0.2, 0.25) is 0 Å². The fourth-order valence-corrected chi connectivity index (χ4v) is 4.23. The second-order valence-corrected chi connectivity index (χ2v) is 8.21. The molecule has 0 radical (unpaired) electrons. The number of carbonyl (C=O) groups excluding carboxylic acids is 1. The van der Waals surface area contributed by atoms with E-state index in [1.165, 1.54) is 32.6 Å². The molecular formula is C23H19Br2FN2O4. The van der Waals surface area contributed by atoms with Crippen molar-refractivity contribution in [3.8, 4) is 17.2 Å². The van der Waals surface area contributed by atoms with Crippen LogP contribution in [0.2, 0.25) is 0 Å². The Labute approximate surface area is 201 Å². The Morgan fingerprint density at radius 1 is 1.03 bits per heavy atom. The Kier molecular flexibility index (Phi) is 8.24. The number of nitrogens with zero attached hydrogens (tertiary/aromatic N) is 1. The van der Waals surface area contributed by atoms with E-state index < -0.39 is 5.91 Å². The summed E-state index contributed by atoms with van der Waals surface area (Å²) in [4.78, 5) is 12.3. The first-order valence-corrected chi connectivity index (χ1v) is 10.9. The van der Waals surface area contributed by atoms with Gasteiger partial charge in [0.1, 0.15) is 18.2 Å². The average Bonchev–Trinajstić information content (AvgIpc) is 2.78. The molecule has 3 aromatic rings. The number of amides is 1. The van der Waals surface area contributed by atoms with E-state index in [1.807, 2.05) is 0 Å². The van der Waals surface area contributed by atoms with Crippen molar-refractivity contribution in [2.24, 2.45) is 5.10 Å². The van der Waals surface area contributed by atoms with Gasteiger partial charge in [0.25, 0.3) is 5.91 Å². The van der Waals surface area contributed by atoms with Crippen molar-refractivity contribution in [2.75, 3.05) is 14.2 Å². The highest BCUT2D eigenvalue weighted by Crippen LogP contribution is 2.35. The molecule has 0 atom stereocenters. The van der Waals surface area contributed by atoms with Gasteiger partial charge in [-0.1, -0.05) is 12.1 Å². The number of nitrogens with one attached hydrogen (secondary N) is 1. The van der Waals surface area contributed by atoms with E-state index in [1.54, 1.807) is 42.5 Å². The number of rotatable bonds is 8. The zero-order valence-corrected chi connectivity index (χ0v) is 20.4. The van der Waals surface area contributed by atoms with Crippen molar-refractivity contribution in [2.45, 2.75) is 6.61 Å². The second kappa shape index (κ2) is 11.1. The number of hydrogen-bond donors (Lipinski definition) is 1. The number of ether oxygens (including phenoxy) is 3. The van der Waals surface area contributed by atoms with E-state index in [2.05, 4.69) is 42.4 Å². The normalized spacial score (nSPS) is 10.8. The highest BCUT2D eigenvalue weighted by atomic mass is 79.9. The summed E-state index contributed by atoms with van der Waals surface area (Å²) in [6, 6.07) is 14.6. The van der Waals surface area contributed by atoms with Gasteiger partial charge in [-0.15, -0.1) is 0 Å². The molecule has 166 valence electrons. The third kappa shape index (κ3) is 6.08. The largest absolute Gasteiger partial charge is 0.493 e. The van der Waals surface area contributed by atoms with Crippen LogP contribution in [0.1, 0.15) is 21.5 Å². The maximum atomic E-state index is 13.3. The summed E-state index contributed by atoms with van der Waals surface area (Å²) in [5, 5.41) is 4.01. The van der Waals surface area contributed by atoms with Crippen molar-refractivity contribution in [1.82, 2.24) is 5.43 Å². The Balaban J connectivity index is 1.65. The molecule has 0 fully saturated rings. The number of methoxy groups -OCH3 is 2.